The van der Waals surface area contributed by atoms with Crippen molar-refractivity contribution in [3.05, 3.63) is 218 Å². The molecule has 4 heteroatoms. The van der Waals surface area contributed by atoms with E-state index >= 15 is 0 Å². The van der Waals surface area contributed by atoms with Crippen molar-refractivity contribution in [3.8, 4) is 17.1 Å². The third-order valence-electron chi connectivity index (χ3n) is 16.7. The molecule has 0 fully saturated rings. The van der Waals surface area contributed by atoms with Crippen molar-refractivity contribution >= 4 is 153 Å². The molecule has 13 aromatic carbocycles. The highest BCUT2D eigenvalue weighted by atomic mass is 15.1. The predicted octanol–water partition coefficient (Wildman–Crippen LogP) is 15.0. The van der Waals surface area contributed by atoms with Crippen LogP contribution in [0.3, 0.4) is 0 Å². The van der Waals surface area contributed by atoms with Gasteiger partial charge in [-0.3, -0.25) is 0 Å². The van der Waals surface area contributed by atoms with Crippen LogP contribution in [0.1, 0.15) is 0 Å². The average molecular weight is 882 g/mol. The SMILES string of the molecule is c1ccc2c(c1)ccc1c2c2c3ccccc3cc3c2n1-c1ccc(-n2c4c5ccccc5ccc4c4ccc5ccccc5c42)c2c1B3c1cc3ccccc3c3c4c5ccccc5ccc4n-2c13. The van der Waals surface area contributed by atoms with E-state index in [2.05, 4.69) is 232 Å². The summed E-state index contributed by atoms with van der Waals surface area (Å²) >= 11 is 0. The fraction of sp³-hybridized carbons (Fsp3) is 0. The molecule has 0 bridgehead atoms. The van der Waals surface area contributed by atoms with Gasteiger partial charge in [-0.05, 0) is 94.5 Å². The van der Waals surface area contributed by atoms with E-state index in [9.17, 15) is 0 Å². The van der Waals surface area contributed by atoms with Crippen molar-refractivity contribution in [2.75, 3.05) is 0 Å². The van der Waals surface area contributed by atoms with E-state index < -0.39 is 0 Å². The van der Waals surface area contributed by atoms with Gasteiger partial charge in [0, 0.05) is 48.8 Å². The fourth-order valence-corrected chi connectivity index (χ4v) is 14.0. The monoisotopic (exact) mass is 881 g/mol. The summed E-state index contributed by atoms with van der Waals surface area (Å²) in [7, 11) is 0. The maximum atomic E-state index is 2.71. The van der Waals surface area contributed by atoms with Gasteiger partial charge in [-0.15, -0.1) is 0 Å². The second kappa shape index (κ2) is 12.5. The lowest BCUT2D eigenvalue weighted by Gasteiger charge is -2.35. The van der Waals surface area contributed by atoms with Crippen molar-refractivity contribution in [3.63, 3.8) is 0 Å². The van der Waals surface area contributed by atoms with E-state index in [4.69, 9.17) is 0 Å². The highest BCUT2D eigenvalue weighted by molar-refractivity contribution is 7.01. The lowest BCUT2D eigenvalue weighted by Crippen LogP contribution is -2.59. The molecule has 0 saturated heterocycles. The van der Waals surface area contributed by atoms with Crippen LogP contribution in [0, 0.1) is 0 Å². The highest BCUT2D eigenvalue weighted by Crippen LogP contribution is 2.48. The second-order valence-corrected chi connectivity index (χ2v) is 19.9. The standard InChI is InChI=1S/C66H36BN3/c1-7-19-43-37(13-1)27-31-53-57(43)59-45-21-9-5-17-41(45)35-51-64(59)68(53)55-33-34-56(70-62-47-23-11-3-15-39(47)25-29-49(62)50-30-26-40-16-4-12-24-48(40)63(50)70)66-61(55)67(51)52-36-42-18-6-10-22-46(42)60-58-44-20-8-2-14-38(44)28-32-54(58)69(66)65(52)60/h1-36H. The van der Waals surface area contributed by atoms with Gasteiger partial charge in [-0.2, -0.15) is 0 Å². The minimum absolute atomic E-state index is 0.0723. The molecule has 0 spiro atoms. The molecule has 0 aliphatic carbocycles. The van der Waals surface area contributed by atoms with Gasteiger partial charge in [0.1, 0.15) is 0 Å². The molecule has 0 N–H and O–H groups in total. The molecule has 2 aliphatic heterocycles. The summed E-state index contributed by atoms with van der Waals surface area (Å²) in [5.74, 6) is 0. The predicted molar refractivity (Wildman–Crippen MR) is 299 cm³/mol. The van der Waals surface area contributed by atoms with Crippen LogP contribution in [-0.4, -0.2) is 20.4 Å². The summed E-state index contributed by atoms with van der Waals surface area (Å²) in [4.78, 5) is 0. The number of hydrogen-bond acceptors (Lipinski definition) is 0. The van der Waals surface area contributed by atoms with Crippen molar-refractivity contribution in [2.45, 2.75) is 0 Å². The minimum atomic E-state index is -0.0723. The first-order chi connectivity index (χ1) is 34.8. The van der Waals surface area contributed by atoms with Crippen LogP contribution in [0.5, 0.6) is 0 Å². The summed E-state index contributed by atoms with van der Waals surface area (Å²) in [6.07, 6.45) is 0. The van der Waals surface area contributed by atoms with Gasteiger partial charge in [0.15, 0.2) is 0 Å². The van der Waals surface area contributed by atoms with E-state index in [1.165, 1.54) is 164 Å². The number of fused-ring (bicyclic) bond motifs is 25. The van der Waals surface area contributed by atoms with Gasteiger partial charge >= 0.3 is 0 Å². The molecule has 0 unspecified atom stereocenters. The van der Waals surface area contributed by atoms with E-state index in [0.29, 0.717) is 0 Å². The zero-order chi connectivity index (χ0) is 45.1. The van der Waals surface area contributed by atoms with Gasteiger partial charge < -0.3 is 13.7 Å². The summed E-state index contributed by atoms with van der Waals surface area (Å²) in [5, 5.41) is 23.0. The van der Waals surface area contributed by atoms with Gasteiger partial charge in [0.25, 0.3) is 6.71 Å². The van der Waals surface area contributed by atoms with Crippen LogP contribution in [0.25, 0.3) is 147 Å². The third-order valence-corrected chi connectivity index (χ3v) is 16.7. The molecule has 3 aromatic heterocycles. The second-order valence-electron chi connectivity index (χ2n) is 19.9. The molecule has 0 amide bonds. The van der Waals surface area contributed by atoms with Crippen molar-refractivity contribution in [1.29, 1.82) is 0 Å². The Morgan fingerprint density at radius 2 is 0.643 bits per heavy atom. The molecule has 0 atom stereocenters. The topological polar surface area (TPSA) is 14.8 Å². The molecular formula is C66H36BN3. The van der Waals surface area contributed by atoms with Crippen LogP contribution in [0.2, 0.25) is 0 Å². The zero-order valence-electron chi connectivity index (χ0n) is 37.7. The Kier molecular flexibility index (Phi) is 6.43. The van der Waals surface area contributed by atoms with Crippen LogP contribution < -0.4 is 16.4 Å². The Morgan fingerprint density at radius 3 is 1.16 bits per heavy atom. The Hall–Kier alpha value is -9.12. The Labute approximate surface area is 400 Å². The lowest BCUT2D eigenvalue weighted by molar-refractivity contribution is 1.09. The van der Waals surface area contributed by atoms with Crippen molar-refractivity contribution in [1.82, 2.24) is 13.7 Å². The average Bonchev–Trinajstić information content (AvgIpc) is 4.09. The van der Waals surface area contributed by atoms with Crippen LogP contribution in [-0.2, 0) is 0 Å². The Bertz CT molecular complexity index is 5050. The number of rotatable bonds is 1. The molecule has 70 heavy (non-hydrogen) atoms. The van der Waals surface area contributed by atoms with Crippen molar-refractivity contribution < 1.29 is 0 Å². The van der Waals surface area contributed by atoms with E-state index in [-0.39, 0.29) is 6.71 Å². The van der Waals surface area contributed by atoms with Crippen LogP contribution in [0.15, 0.2) is 218 Å². The number of nitrogens with zero attached hydrogens (tertiary/aromatic N) is 3. The Morgan fingerprint density at radius 1 is 0.257 bits per heavy atom. The molecule has 318 valence electrons. The van der Waals surface area contributed by atoms with Gasteiger partial charge in [0.05, 0.1) is 44.5 Å². The molecule has 3 nitrogen and oxygen atoms in total. The number of hydrogen-bond donors (Lipinski definition) is 0. The van der Waals surface area contributed by atoms with Crippen LogP contribution >= 0.6 is 0 Å². The largest absolute Gasteiger partial charge is 0.310 e. The van der Waals surface area contributed by atoms with Crippen LogP contribution in [0.4, 0.5) is 0 Å². The first kappa shape index (κ1) is 36.0. The summed E-state index contributed by atoms with van der Waals surface area (Å²) in [6.45, 7) is -0.0723. The number of benzene rings is 13. The number of aromatic nitrogens is 3. The maximum Gasteiger partial charge on any atom is 0.252 e. The zero-order valence-corrected chi connectivity index (χ0v) is 37.7. The van der Waals surface area contributed by atoms with E-state index in [1.807, 2.05) is 0 Å². The van der Waals surface area contributed by atoms with E-state index in [0.717, 1.165) is 0 Å². The smallest absolute Gasteiger partial charge is 0.252 e. The molecule has 5 heterocycles. The maximum absolute atomic E-state index is 2.71. The summed E-state index contributed by atoms with van der Waals surface area (Å²) in [5.41, 5.74) is 15.3. The summed E-state index contributed by atoms with van der Waals surface area (Å²) < 4.78 is 8.03. The lowest BCUT2D eigenvalue weighted by atomic mass is 9.34. The van der Waals surface area contributed by atoms with E-state index in [1.54, 1.807) is 0 Å². The minimum Gasteiger partial charge on any atom is -0.310 e. The highest BCUT2D eigenvalue weighted by Gasteiger charge is 2.43. The quantitative estimate of drug-likeness (QED) is 0.146. The summed E-state index contributed by atoms with van der Waals surface area (Å²) in [6, 6.07) is 83.1. The molecule has 0 radical (unpaired) electrons. The molecule has 0 saturated carbocycles. The molecule has 16 aromatic rings. The van der Waals surface area contributed by atoms with Gasteiger partial charge in [-0.25, -0.2) is 0 Å². The van der Waals surface area contributed by atoms with Gasteiger partial charge in [0.2, 0.25) is 0 Å². The third kappa shape index (κ3) is 4.16. The fourth-order valence-electron chi connectivity index (χ4n) is 14.0. The Balaban J connectivity index is 1.14. The first-order valence-corrected chi connectivity index (χ1v) is 24.6. The molecule has 2 aliphatic rings. The molecule has 18 rings (SSSR count). The molecular weight excluding hydrogens is 846 g/mol. The first-order valence-electron chi connectivity index (χ1n) is 24.6. The van der Waals surface area contributed by atoms with Crippen molar-refractivity contribution in [2.24, 2.45) is 0 Å². The normalized spacial score (nSPS) is 13.1. The van der Waals surface area contributed by atoms with Gasteiger partial charge in [-0.1, -0.05) is 194 Å².